The van der Waals surface area contributed by atoms with Gasteiger partial charge in [0.1, 0.15) is 5.69 Å². The second-order valence-electron chi connectivity index (χ2n) is 5.03. The van der Waals surface area contributed by atoms with Crippen molar-refractivity contribution in [3.63, 3.8) is 0 Å². The van der Waals surface area contributed by atoms with E-state index in [1.165, 1.54) is 12.8 Å². The standard InChI is InChI=1S/C15H26N4OS/c1-5-6-7-10-21-15-18-13(11(2)3)14(17-12(4)16)19(15)8-9-20/h20H,2,5-10H2,1,3-4H3,(H2,16,17). The Bertz CT molecular complexity index is 504. The van der Waals surface area contributed by atoms with Crippen LogP contribution in [-0.2, 0) is 6.54 Å². The molecule has 0 atom stereocenters. The molecule has 0 radical (unpaired) electrons. The van der Waals surface area contributed by atoms with E-state index in [0.717, 1.165) is 28.6 Å². The number of nitrogens with zero attached hydrogens (tertiary/aromatic N) is 3. The van der Waals surface area contributed by atoms with E-state index >= 15 is 0 Å². The first kappa shape index (κ1) is 17.8. The highest BCUT2D eigenvalue weighted by Crippen LogP contribution is 2.31. The molecule has 1 aromatic rings. The van der Waals surface area contributed by atoms with Crippen molar-refractivity contribution in [2.45, 2.75) is 51.7 Å². The Labute approximate surface area is 131 Å². The molecule has 118 valence electrons. The molecular formula is C15H26N4OS. The van der Waals surface area contributed by atoms with Gasteiger partial charge in [-0.2, -0.15) is 0 Å². The summed E-state index contributed by atoms with van der Waals surface area (Å²) in [5.41, 5.74) is 7.32. The predicted octanol–water partition coefficient (Wildman–Crippen LogP) is 3.20. The summed E-state index contributed by atoms with van der Waals surface area (Å²) in [4.78, 5) is 9.01. The van der Waals surface area contributed by atoms with Crippen molar-refractivity contribution in [3.8, 4) is 0 Å². The number of amidine groups is 1. The number of aliphatic imine (C=N–C) groups is 1. The number of hydrogen-bond donors (Lipinski definition) is 2. The van der Waals surface area contributed by atoms with Crippen LogP contribution >= 0.6 is 11.8 Å². The first-order valence-corrected chi connectivity index (χ1v) is 8.30. The van der Waals surface area contributed by atoms with E-state index in [4.69, 9.17) is 5.73 Å². The van der Waals surface area contributed by atoms with Gasteiger partial charge in [0.2, 0.25) is 0 Å². The molecule has 0 saturated heterocycles. The number of nitrogens with two attached hydrogens (primary N) is 1. The Hall–Kier alpha value is -1.27. The van der Waals surface area contributed by atoms with Gasteiger partial charge in [-0.15, -0.1) is 0 Å². The van der Waals surface area contributed by atoms with Gasteiger partial charge >= 0.3 is 0 Å². The van der Waals surface area contributed by atoms with Crippen LogP contribution in [-0.4, -0.2) is 32.9 Å². The second kappa shape index (κ2) is 8.89. The largest absolute Gasteiger partial charge is 0.395 e. The fourth-order valence-corrected chi connectivity index (χ4v) is 2.94. The van der Waals surface area contributed by atoms with Crippen molar-refractivity contribution in [1.29, 1.82) is 0 Å². The van der Waals surface area contributed by atoms with E-state index in [9.17, 15) is 5.11 Å². The van der Waals surface area contributed by atoms with Crippen molar-refractivity contribution >= 4 is 29.0 Å². The van der Waals surface area contributed by atoms with Crippen LogP contribution in [0, 0.1) is 0 Å². The van der Waals surface area contributed by atoms with Crippen molar-refractivity contribution < 1.29 is 5.11 Å². The van der Waals surface area contributed by atoms with E-state index < -0.39 is 0 Å². The summed E-state index contributed by atoms with van der Waals surface area (Å²) >= 11 is 1.70. The number of aliphatic hydroxyl groups excluding tert-OH is 1. The first-order valence-electron chi connectivity index (χ1n) is 7.32. The maximum atomic E-state index is 9.30. The molecule has 1 rings (SSSR count). The number of aliphatic hydroxyl groups is 1. The SMILES string of the molecule is C=C(C)c1nc(SCCCCC)n(CCO)c1/N=C(\C)N. The number of thioether (sulfide) groups is 1. The minimum Gasteiger partial charge on any atom is -0.395 e. The molecule has 6 heteroatoms. The molecule has 0 saturated carbocycles. The van der Waals surface area contributed by atoms with Gasteiger partial charge in [-0.1, -0.05) is 38.1 Å². The van der Waals surface area contributed by atoms with E-state index in [-0.39, 0.29) is 6.61 Å². The monoisotopic (exact) mass is 310 g/mol. The Morgan fingerprint density at radius 3 is 2.67 bits per heavy atom. The smallest absolute Gasteiger partial charge is 0.170 e. The van der Waals surface area contributed by atoms with Gasteiger partial charge in [0.25, 0.3) is 0 Å². The Kier molecular flexibility index (Phi) is 7.53. The average Bonchev–Trinajstić information content (AvgIpc) is 2.74. The molecule has 5 nitrogen and oxygen atoms in total. The number of allylic oxidation sites excluding steroid dienone is 1. The Balaban J connectivity index is 3.11. The van der Waals surface area contributed by atoms with E-state index in [1.807, 2.05) is 11.5 Å². The fourth-order valence-electron chi connectivity index (χ4n) is 1.92. The van der Waals surface area contributed by atoms with E-state index in [1.54, 1.807) is 18.7 Å². The predicted molar refractivity (Wildman–Crippen MR) is 91.2 cm³/mol. The number of aromatic nitrogens is 2. The highest BCUT2D eigenvalue weighted by atomic mass is 32.2. The van der Waals surface area contributed by atoms with Crippen LogP contribution in [0.4, 0.5) is 5.82 Å². The lowest BCUT2D eigenvalue weighted by molar-refractivity contribution is 0.272. The van der Waals surface area contributed by atoms with E-state index in [0.29, 0.717) is 18.2 Å². The molecule has 0 bridgehead atoms. The molecule has 0 aromatic carbocycles. The van der Waals surface area contributed by atoms with Gasteiger partial charge in [-0.25, -0.2) is 9.98 Å². The number of imidazole rings is 1. The van der Waals surface area contributed by atoms with Crippen LogP contribution in [0.3, 0.4) is 0 Å². The normalized spacial score (nSPS) is 11.9. The lowest BCUT2D eigenvalue weighted by Crippen LogP contribution is -2.08. The molecule has 0 unspecified atom stereocenters. The summed E-state index contributed by atoms with van der Waals surface area (Å²) in [6, 6.07) is 0. The third-order valence-electron chi connectivity index (χ3n) is 2.89. The molecule has 3 N–H and O–H groups in total. The second-order valence-corrected chi connectivity index (χ2v) is 6.09. The van der Waals surface area contributed by atoms with E-state index in [2.05, 4.69) is 23.5 Å². The first-order chi connectivity index (χ1) is 10.0. The highest BCUT2D eigenvalue weighted by Gasteiger charge is 2.17. The van der Waals surface area contributed by atoms with Crippen LogP contribution in [0.15, 0.2) is 16.7 Å². The molecular weight excluding hydrogens is 284 g/mol. The summed E-state index contributed by atoms with van der Waals surface area (Å²) in [5.74, 6) is 2.17. The topological polar surface area (TPSA) is 76.4 Å². The molecule has 0 fully saturated rings. The quantitative estimate of drug-likeness (QED) is 0.318. The van der Waals surface area contributed by atoms with Gasteiger partial charge in [0, 0.05) is 12.3 Å². The van der Waals surface area contributed by atoms with Crippen molar-refractivity contribution in [3.05, 3.63) is 12.3 Å². The summed E-state index contributed by atoms with van der Waals surface area (Å²) < 4.78 is 1.93. The van der Waals surface area contributed by atoms with Crippen LogP contribution in [0.25, 0.3) is 5.57 Å². The maximum absolute atomic E-state index is 9.30. The number of unbranched alkanes of at least 4 members (excludes halogenated alkanes) is 2. The minimum absolute atomic E-state index is 0.0423. The molecule has 0 amide bonds. The molecule has 0 aliphatic rings. The Morgan fingerprint density at radius 1 is 1.43 bits per heavy atom. The average molecular weight is 310 g/mol. The van der Waals surface area contributed by atoms with Crippen LogP contribution in [0.1, 0.15) is 45.7 Å². The van der Waals surface area contributed by atoms with Crippen LogP contribution < -0.4 is 5.73 Å². The zero-order valence-electron chi connectivity index (χ0n) is 13.2. The van der Waals surface area contributed by atoms with Gasteiger partial charge in [0.05, 0.1) is 12.4 Å². The molecule has 21 heavy (non-hydrogen) atoms. The number of rotatable bonds is 9. The third kappa shape index (κ3) is 5.21. The Morgan fingerprint density at radius 2 is 2.14 bits per heavy atom. The summed E-state index contributed by atoms with van der Waals surface area (Å²) in [6.45, 7) is 10.3. The van der Waals surface area contributed by atoms with Crippen molar-refractivity contribution in [2.24, 2.45) is 10.7 Å². The molecule has 1 heterocycles. The van der Waals surface area contributed by atoms with Crippen LogP contribution in [0.5, 0.6) is 0 Å². The van der Waals surface area contributed by atoms with Gasteiger partial charge in [-0.3, -0.25) is 0 Å². The van der Waals surface area contributed by atoms with Gasteiger partial charge in [0.15, 0.2) is 11.0 Å². The fraction of sp³-hybridized carbons (Fsp3) is 0.600. The molecule has 0 spiro atoms. The highest BCUT2D eigenvalue weighted by molar-refractivity contribution is 7.99. The summed E-state index contributed by atoms with van der Waals surface area (Å²) in [6.07, 6.45) is 3.57. The zero-order valence-corrected chi connectivity index (χ0v) is 14.0. The van der Waals surface area contributed by atoms with Crippen LogP contribution in [0.2, 0.25) is 0 Å². The lowest BCUT2D eigenvalue weighted by Gasteiger charge is -2.08. The number of hydrogen-bond acceptors (Lipinski definition) is 4. The van der Waals surface area contributed by atoms with Crippen molar-refractivity contribution in [1.82, 2.24) is 9.55 Å². The molecule has 0 aliphatic carbocycles. The summed E-state index contributed by atoms with van der Waals surface area (Å²) in [5, 5.41) is 10.2. The molecule has 0 aliphatic heterocycles. The van der Waals surface area contributed by atoms with Gasteiger partial charge < -0.3 is 15.4 Å². The van der Waals surface area contributed by atoms with Gasteiger partial charge in [-0.05, 0) is 25.8 Å². The zero-order chi connectivity index (χ0) is 15.8. The summed E-state index contributed by atoms with van der Waals surface area (Å²) in [7, 11) is 0. The third-order valence-corrected chi connectivity index (χ3v) is 3.96. The maximum Gasteiger partial charge on any atom is 0.170 e. The lowest BCUT2D eigenvalue weighted by atomic mass is 10.2. The van der Waals surface area contributed by atoms with Crippen molar-refractivity contribution in [2.75, 3.05) is 12.4 Å². The molecule has 1 aromatic heterocycles. The minimum atomic E-state index is 0.0423.